The summed E-state index contributed by atoms with van der Waals surface area (Å²) in [7, 11) is 0. The van der Waals surface area contributed by atoms with Gasteiger partial charge in [0.15, 0.2) is 0 Å². The summed E-state index contributed by atoms with van der Waals surface area (Å²) in [5, 5.41) is 6.06. The van der Waals surface area contributed by atoms with Crippen LogP contribution in [0.25, 0.3) is 51.2 Å². The Morgan fingerprint density at radius 2 is 1.46 bits per heavy atom. The number of fused-ring (bicyclic) bond motifs is 8. The molecule has 0 radical (unpaired) electrons. The van der Waals surface area contributed by atoms with Gasteiger partial charge in [0.2, 0.25) is 5.95 Å². The Hall–Kier alpha value is -6.26. The fraction of sp³-hybridized carbons (Fsp3) is 0.125. The molecular formula is C48H35N3O. The van der Waals surface area contributed by atoms with Crippen molar-refractivity contribution in [2.24, 2.45) is 0 Å². The maximum absolute atomic E-state index is 6.21. The number of hydrogen-bond donors (Lipinski definition) is 0. The summed E-state index contributed by atoms with van der Waals surface area (Å²) in [6.45, 7) is 0. The van der Waals surface area contributed by atoms with E-state index in [2.05, 4.69) is 157 Å². The Kier molecular flexibility index (Phi) is 6.60. The molecule has 7 aromatic rings. The molecule has 0 N–H and O–H groups in total. The molecule has 5 aromatic carbocycles. The summed E-state index contributed by atoms with van der Waals surface area (Å²) < 4.78 is 6.21. The number of para-hydroxylation sites is 2. The molecule has 4 heteroatoms. The fourth-order valence-electron chi connectivity index (χ4n) is 8.92. The van der Waals surface area contributed by atoms with Gasteiger partial charge in [0.05, 0.1) is 22.9 Å². The lowest BCUT2D eigenvalue weighted by atomic mass is 9.87. The number of anilines is 2. The van der Waals surface area contributed by atoms with Crippen molar-refractivity contribution in [3.05, 3.63) is 183 Å². The van der Waals surface area contributed by atoms with Crippen LogP contribution in [0.15, 0.2) is 144 Å². The first-order chi connectivity index (χ1) is 25.8. The first kappa shape index (κ1) is 29.5. The molecule has 11 rings (SSSR count). The molecule has 3 atom stereocenters. The van der Waals surface area contributed by atoms with Gasteiger partial charge in [0.25, 0.3) is 0 Å². The fourth-order valence-corrected chi connectivity index (χ4v) is 8.92. The predicted molar refractivity (Wildman–Crippen MR) is 212 cm³/mol. The van der Waals surface area contributed by atoms with Gasteiger partial charge < -0.3 is 9.32 Å². The number of aromatic nitrogens is 2. The summed E-state index contributed by atoms with van der Waals surface area (Å²) in [5.74, 6) is 1.37. The Labute approximate surface area is 301 Å². The Bertz CT molecular complexity index is 2920. The summed E-state index contributed by atoms with van der Waals surface area (Å²) >= 11 is 0. The Morgan fingerprint density at radius 1 is 0.654 bits per heavy atom. The molecule has 3 heterocycles. The first-order valence-corrected chi connectivity index (χ1v) is 18.4. The van der Waals surface area contributed by atoms with Crippen molar-refractivity contribution in [3.63, 3.8) is 0 Å². The summed E-state index contributed by atoms with van der Waals surface area (Å²) in [6.07, 6.45) is 16.7. The van der Waals surface area contributed by atoms with Crippen LogP contribution >= 0.6 is 0 Å². The molecular weight excluding hydrogens is 635 g/mol. The highest BCUT2D eigenvalue weighted by molar-refractivity contribution is 5.96. The second-order valence-corrected chi connectivity index (χ2v) is 14.4. The molecule has 0 saturated heterocycles. The van der Waals surface area contributed by atoms with Crippen molar-refractivity contribution in [1.29, 1.82) is 0 Å². The van der Waals surface area contributed by atoms with Crippen LogP contribution in [0, 0.1) is 0 Å². The lowest BCUT2D eigenvalue weighted by Gasteiger charge is -2.28. The van der Waals surface area contributed by atoms with E-state index in [0.717, 1.165) is 58.4 Å². The van der Waals surface area contributed by atoms with E-state index in [-0.39, 0.29) is 12.0 Å². The van der Waals surface area contributed by atoms with Crippen molar-refractivity contribution in [2.45, 2.75) is 37.1 Å². The van der Waals surface area contributed by atoms with Crippen LogP contribution < -0.4 is 26.0 Å². The van der Waals surface area contributed by atoms with Gasteiger partial charge in [-0.05, 0) is 82.3 Å². The van der Waals surface area contributed by atoms with E-state index in [0.29, 0.717) is 5.92 Å². The minimum atomic E-state index is 0.0961. The Morgan fingerprint density at radius 3 is 2.37 bits per heavy atom. The predicted octanol–water partition coefficient (Wildman–Crippen LogP) is 8.16. The third-order valence-corrected chi connectivity index (χ3v) is 11.5. The van der Waals surface area contributed by atoms with E-state index in [9.17, 15) is 0 Å². The topological polar surface area (TPSA) is 42.2 Å². The molecule has 1 aliphatic heterocycles. The van der Waals surface area contributed by atoms with Gasteiger partial charge in [-0.2, -0.15) is 0 Å². The van der Waals surface area contributed by atoms with Crippen molar-refractivity contribution in [1.82, 2.24) is 9.97 Å². The number of rotatable bonds is 4. The van der Waals surface area contributed by atoms with E-state index >= 15 is 0 Å². The average molecular weight is 670 g/mol. The highest BCUT2D eigenvalue weighted by Crippen LogP contribution is 2.47. The average Bonchev–Trinajstić information content (AvgIpc) is 3.76. The molecule has 0 amide bonds. The van der Waals surface area contributed by atoms with Crippen LogP contribution in [-0.2, 0) is 0 Å². The zero-order chi connectivity index (χ0) is 34.2. The lowest BCUT2D eigenvalue weighted by Crippen LogP contribution is -2.38. The molecule has 248 valence electrons. The summed E-state index contributed by atoms with van der Waals surface area (Å²) in [4.78, 5) is 13.2. The maximum Gasteiger partial charge on any atom is 0.231 e. The van der Waals surface area contributed by atoms with Crippen molar-refractivity contribution in [2.75, 3.05) is 4.90 Å². The molecule has 0 saturated carbocycles. The van der Waals surface area contributed by atoms with Crippen molar-refractivity contribution < 1.29 is 4.42 Å². The van der Waals surface area contributed by atoms with Gasteiger partial charge in [-0.3, -0.25) is 0 Å². The van der Waals surface area contributed by atoms with E-state index in [1.807, 2.05) is 6.07 Å². The zero-order valence-corrected chi connectivity index (χ0v) is 28.6. The SMILES string of the molecule is C1=CC(c2ccccc2)CC=C1c1nc(N2c3ccc(C4C=c5c(oc6ccccc56)=CC4)cc3C3=c4ccccc4=CCC32)nc2ccccc12. The maximum atomic E-state index is 6.21. The summed E-state index contributed by atoms with van der Waals surface area (Å²) in [6, 6.07) is 43.6. The minimum absolute atomic E-state index is 0.0961. The van der Waals surface area contributed by atoms with Gasteiger partial charge in [-0.15, -0.1) is 0 Å². The van der Waals surface area contributed by atoms with E-state index in [4.69, 9.17) is 14.4 Å². The molecule has 3 unspecified atom stereocenters. The highest BCUT2D eigenvalue weighted by atomic mass is 16.3. The van der Waals surface area contributed by atoms with Crippen LogP contribution in [0.3, 0.4) is 0 Å². The summed E-state index contributed by atoms with van der Waals surface area (Å²) in [5.41, 5.74) is 11.5. The lowest BCUT2D eigenvalue weighted by molar-refractivity contribution is 0.570. The number of nitrogens with zero attached hydrogens (tertiary/aromatic N) is 3. The van der Waals surface area contributed by atoms with Gasteiger partial charge >= 0.3 is 0 Å². The number of hydrogen-bond acceptors (Lipinski definition) is 4. The van der Waals surface area contributed by atoms with Gasteiger partial charge in [0, 0.05) is 33.4 Å². The molecule has 0 bridgehead atoms. The van der Waals surface area contributed by atoms with E-state index < -0.39 is 0 Å². The molecule has 4 nitrogen and oxygen atoms in total. The molecule has 0 spiro atoms. The van der Waals surface area contributed by atoms with Crippen LogP contribution in [0.5, 0.6) is 0 Å². The van der Waals surface area contributed by atoms with Gasteiger partial charge in [-0.25, -0.2) is 9.97 Å². The van der Waals surface area contributed by atoms with Crippen LogP contribution in [-0.4, -0.2) is 16.0 Å². The highest BCUT2D eigenvalue weighted by Gasteiger charge is 2.38. The van der Waals surface area contributed by atoms with Gasteiger partial charge in [-0.1, -0.05) is 127 Å². The Balaban J connectivity index is 1.06. The quantitative estimate of drug-likeness (QED) is 0.190. The van der Waals surface area contributed by atoms with Crippen LogP contribution in [0.2, 0.25) is 0 Å². The van der Waals surface area contributed by atoms with Crippen LogP contribution in [0.4, 0.5) is 11.6 Å². The van der Waals surface area contributed by atoms with E-state index in [1.165, 1.54) is 49.0 Å². The largest absolute Gasteiger partial charge is 0.456 e. The second-order valence-electron chi connectivity index (χ2n) is 14.4. The number of furan rings is 1. The molecule has 3 aliphatic carbocycles. The molecule has 0 fully saturated rings. The van der Waals surface area contributed by atoms with Crippen molar-refractivity contribution >= 4 is 62.9 Å². The monoisotopic (exact) mass is 669 g/mol. The minimum Gasteiger partial charge on any atom is -0.456 e. The van der Waals surface area contributed by atoms with Crippen molar-refractivity contribution in [3.8, 4) is 0 Å². The van der Waals surface area contributed by atoms with Crippen LogP contribution in [0.1, 0.15) is 53.5 Å². The molecule has 4 aliphatic rings. The number of allylic oxidation sites excluding steroid dienone is 4. The first-order valence-electron chi connectivity index (χ1n) is 18.4. The van der Waals surface area contributed by atoms with Gasteiger partial charge in [0.1, 0.15) is 11.0 Å². The van der Waals surface area contributed by atoms with E-state index in [1.54, 1.807) is 0 Å². The standard InChI is InChI=1S/C48H35N3O/c1-2-10-30(11-3-1)31-18-20-33(21-19-31)47-38-15-6-8-16-41(38)49-48(50-47)51-42-25-23-34(29-40(42)46-36-13-5-4-12-32(36)22-26-43(46)51)35-24-27-45-39(28-35)37-14-7-9-17-44(37)52-45/h1-18,20-23,25,27-29,31,35,43H,19,24,26H2. The second kappa shape index (κ2) is 11.6. The normalized spacial score (nSPS) is 19.9. The molecule has 52 heavy (non-hydrogen) atoms. The molecule has 2 aromatic heterocycles. The third kappa shape index (κ3) is 4.60. The smallest absolute Gasteiger partial charge is 0.231 e. The number of benzene rings is 5. The zero-order valence-electron chi connectivity index (χ0n) is 28.6. The third-order valence-electron chi connectivity index (χ3n) is 11.5.